The van der Waals surface area contributed by atoms with E-state index in [-0.39, 0.29) is 22.8 Å². The maximum absolute atomic E-state index is 11.6. The van der Waals surface area contributed by atoms with Gasteiger partial charge in [0.2, 0.25) is 5.82 Å². The van der Waals surface area contributed by atoms with Gasteiger partial charge in [-0.2, -0.15) is 0 Å². The number of aromatic nitrogens is 1. The van der Waals surface area contributed by atoms with E-state index in [9.17, 15) is 14.9 Å². The molecule has 0 bridgehead atoms. The van der Waals surface area contributed by atoms with Gasteiger partial charge in [0.05, 0.1) is 11.5 Å². The lowest BCUT2D eigenvalue weighted by Crippen LogP contribution is -2.49. The number of rotatable bonds is 3. The molecule has 0 unspecified atom stereocenters. The number of nitro groups is 1. The van der Waals surface area contributed by atoms with Crippen molar-refractivity contribution in [3.63, 3.8) is 0 Å². The molecule has 0 atom stereocenters. The van der Waals surface area contributed by atoms with Crippen molar-refractivity contribution in [1.29, 1.82) is 0 Å². The Morgan fingerprint density at radius 2 is 2.10 bits per heavy atom. The standard InChI is InChI=1S/C12H15ClN4O4/c1-2-21-12(18)16-7-5-15(6-8-16)11-9(17(19)20)3-4-10(13)14-11/h3-4H,2,5-8H2,1H3. The van der Waals surface area contributed by atoms with E-state index in [1.54, 1.807) is 16.7 Å². The number of halogens is 1. The number of pyridine rings is 1. The van der Waals surface area contributed by atoms with Gasteiger partial charge < -0.3 is 14.5 Å². The minimum Gasteiger partial charge on any atom is -0.450 e. The summed E-state index contributed by atoms with van der Waals surface area (Å²) in [6.45, 7) is 3.78. The zero-order chi connectivity index (χ0) is 15.4. The molecule has 1 aliphatic heterocycles. The molecule has 1 saturated heterocycles. The highest BCUT2D eigenvalue weighted by Gasteiger charge is 2.27. The molecular formula is C12H15ClN4O4. The summed E-state index contributed by atoms with van der Waals surface area (Å²) in [5.41, 5.74) is -0.0935. The summed E-state index contributed by atoms with van der Waals surface area (Å²) in [7, 11) is 0. The van der Waals surface area contributed by atoms with E-state index in [2.05, 4.69) is 4.98 Å². The van der Waals surface area contributed by atoms with Crippen LogP contribution in [0.25, 0.3) is 0 Å². The average Bonchev–Trinajstić information content (AvgIpc) is 2.47. The maximum atomic E-state index is 11.6. The van der Waals surface area contributed by atoms with Gasteiger partial charge in [-0.05, 0) is 13.0 Å². The van der Waals surface area contributed by atoms with Crippen molar-refractivity contribution in [3.05, 3.63) is 27.4 Å². The summed E-state index contributed by atoms with van der Waals surface area (Å²) >= 11 is 5.82. The number of ether oxygens (including phenoxy) is 1. The van der Waals surface area contributed by atoms with Crippen LogP contribution in [0.4, 0.5) is 16.3 Å². The summed E-state index contributed by atoms with van der Waals surface area (Å²) in [6.07, 6.45) is -0.370. The van der Waals surface area contributed by atoms with Crippen LogP contribution >= 0.6 is 11.6 Å². The fraction of sp³-hybridized carbons (Fsp3) is 0.500. The van der Waals surface area contributed by atoms with Gasteiger partial charge in [0.25, 0.3) is 0 Å². The Bertz CT molecular complexity index is 546. The van der Waals surface area contributed by atoms with E-state index in [1.807, 2.05) is 0 Å². The smallest absolute Gasteiger partial charge is 0.409 e. The molecule has 0 aromatic carbocycles. The van der Waals surface area contributed by atoms with E-state index >= 15 is 0 Å². The molecule has 0 spiro atoms. The fourth-order valence-electron chi connectivity index (χ4n) is 2.11. The van der Waals surface area contributed by atoms with Crippen LogP contribution in [-0.4, -0.2) is 53.7 Å². The summed E-state index contributed by atoms with van der Waals surface area (Å²) < 4.78 is 4.93. The van der Waals surface area contributed by atoms with Gasteiger partial charge in [0, 0.05) is 32.2 Å². The van der Waals surface area contributed by atoms with Gasteiger partial charge in [-0.15, -0.1) is 0 Å². The minimum atomic E-state index is -0.490. The molecule has 2 rings (SSSR count). The summed E-state index contributed by atoms with van der Waals surface area (Å²) in [6, 6.07) is 2.72. The second-order valence-corrected chi connectivity index (χ2v) is 4.79. The van der Waals surface area contributed by atoms with E-state index in [1.165, 1.54) is 12.1 Å². The summed E-state index contributed by atoms with van der Waals surface area (Å²) in [5, 5.41) is 11.2. The molecule has 2 heterocycles. The number of piperazine rings is 1. The van der Waals surface area contributed by atoms with Gasteiger partial charge in [0.1, 0.15) is 5.15 Å². The fourth-order valence-corrected chi connectivity index (χ4v) is 2.25. The van der Waals surface area contributed by atoms with Gasteiger partial charge in [-0.25, -0.2) is 9.78 Å². The first-order chi connectivity index (χ1) is 10.0. The van der Waals surface area contributed by atoms with Crippen molar-refractivity contribution in [1.82, 2.24) is 9.88 Å². The second-order valence-electron chi connectivity index (χ2n) is 4.41. The molecule has 0 radical (unpaired) electrons. The zero-order valence-electron chi connectivity index (χ0n) is 11.5. The molecule has 1 aromatic heterocycles. The van der Waals surface area contributed by atoms with Gasteiger partial charge >= 0.3 is 11.8 Å². The Balaban J connectivity index is 2.10. The highest BCUT2D eigenvalue weighted by molar-refractivity contribution is 6.29. The molecule has 9 heteroatoms. The Kier molecular flexibility index (Phi) is 4.79. The first-order valence-corrected chi connectivity index (χ1v) is 6.88. The van der Waals surface area contributed by atoms with Crippen molar-refractivity contribution >= 4 is 29.2 Å². The van der Waals surface area contributed by atoms with E-state index in [4.69, 9.17) is 16.3 Å². The van der Waals surface area contributed by atoms with Crippen LogP contribution in [0.5, 0.6) is 0 Å². The van der Waals surface area contributed by atoms with Crippen LogP contribution in [0.1, 0.15) is 6.92 Å². The van der Waals surface area contributed by atoms with E-state index in [0.29, 0.717) is 32.8 Å². The molecule has 8 nitrogen and oxygen atoms in total. The number of amides is 1. The van der Waals surface area contributed by atoms with Crippen LogP contribution < -0.4 is 4.90 Å². The van der Waals surface area contributed by atoms with E-state index < -0.39 is 4.92 Å². The molecule has 1 aromatic rings. The largest absolute Gasteiger partial charge is 0.450 e. The third kappa shape index (κ3) is 3.52. The molecular weight excluding hydrogens is 300 g/mol. The highest BCUT2D eigenvalue weighted by Crippen LogP contribution is 2.28. The van der Waals surface area contributed by atoms with Crippen LogP contribution in [0.2, 0.25) is 5.15 Å². The number of anilines is 1. The number of hydrogen-bond acceptors (Lipinski definition) is 6. The topological polar surface area (TPSA) is 88.8 Å². The first-order valence-electron chi connectivity index (χ1n) is 6.50. The third-order valence-corrected chi connectivity index (χ3v) is 3.33. The Labute approximate surface area is 126 Å². The van der Waals surface area contributed by atoms with Crippen molar-refractivity contribution in [2.45, 2.75) is 6.92 Å². The number of nitrogens with zero attached hydrogens (tertiary/aromatic N) is 4. The van der Waals surface area contributed by atoms with Crippen molar-refractivity contribution in [3.8, 4) is 0 Å². The number of hydrogen-bond donors (Lipinski definition) is 0. The van der Waals surface area contributed by atoms with Gasteiger partial charge in [-0.3, -0.25) is 10.1 Å². The zero-order valence-corrected chi connectivity index (χ0v) is 12.2. The molecule has 0 aliphatic carbocycles. The Morgan fingerprint density at radius 3 is 2.67 bits per heavy atom. The summed E-state index contributed by atoms with van der Waals surface area (Å²) in [4.78, 5) is 29.5. The quantitative estimate of drug-likeness (QED) is 0.481. The molecule has 0 saturated carbocycles. The van der Waals surface area contributed by atoms with Crippen LogP contribution in [-0.2, 0) is 4.74 Å². The van der Waals surface area contributed by atoms with Gasteiger partial charge in [-0.1, -0.05) is 11.6 Å². The van der Waals surface area contributed by atoms with E-state index in [0.717, 1.165) is 0 Å². The number of carbonyl (C=O) groups is 1. The lowest BCUT2D eigenvalue weighted by atomic mass is 10.3. The summed E-state index contributed by atoms with van der Waals surface area (Å²) in [5.74, 6) is 0.232. The molecule has 114 valence electrons. The predicted molar refractivity (Wildman–Crippen MR) is 76.7 cm³/mol. The highest BCUT2D eigenvalue weighted by atomic mass is 35.5. The van der Waals surface area contributed by atoms with Crippen LogP contribution in [0.15, 0.2) is 12.1 Å². The molecule has 1 fully saturated rings. The maximum Gasteiger partial charge on any atom is 0.409 e. The first kappa shape index (κ1) is 15.3. The Morgan fingerprint density at radius 1 is 1.43 bits per heavy atom. The SMILES string of the molecule is CCOC(=O)N1CCN(c2nc(Cl)ccc2[N+](=O)[O-])CC1. The minimum absolute atomic E-state index is 0.0935. The lowest BCUT2D eigenvalue weighted by Gasteiger charge is -2.34. The lowest BCUT2D eigenvalue weighted by molar-refractivity contribution is -0.384. The average molecular weight is 315 g/mol. The van der Waals surface area contributed by atoms with Crippen LogP contribution in [0, 0.1) is 10.1 Å². The van der Waals surface area contributed by atoms with Crippen molar-refractivity contribution < 1.29 is 14.5 Å². The van der Waals surface area contributed by atoms with Crippen LogP contribution in [0.3, 0.4) is 0 Å². The predicted octanol–water partition coefficient (Wildman–Crippen LogP) is 1.92. The molecule has 1 aliphatic rings. The Hall–Kier alpha value is -2.09. The molecule has 1 amide bonds. The number of carbonyl (C=O) groups excluding carboxylic acids is 1. The monoisotopic (exact) mass is 314 g/mol. The molecule has 21 heavy (non-hydrogen) atoms. The third-order valence-electron chi connectivity index (χ3n) is 3.12. The van der Waals surface area contributed by atoms with Crippen molar-refractivity contribution in [2.24, 2.45) is 0 Å². The second kappa shape index (κ2) is 6.57. The van der Waals surface area contributed by atoms with Gasteiger partial charge in [0.15, 0.2) is 0 Å². The normalized spacial score (nSPS) is 15.0. The molecule has 0 N–H and O–H groups in total. The van der Waals surface area contributed by atoms with Crippen molar-refractivity contribution in [2.75, 3.05) is 37.7 Å².